The summed E-state index contributed by atoms with van der Waals surface area (Å²) in [5.74, 6) is 1.74. The van der Waals surface area contributed by atoms with Crippen molar-refractivity contribution in [1.29, 1.82) is 0 Å². The summed E-state index contributed by atoms with van der Waals surface area (Å²) in [5.41, 5.74) is 6.63. The van der Waals surface area contributed by atoms with Crippen molar-refractivity contribution in [2.24, 2.45) is 5.73 Å². The molecule has 0 amide bonds. The number of thioether (sulfide) groups is 1. The van der Waals surface area contributed by atoms with Gasteiger partial charge >= 0.3 is 0 Å². The Bertz CT molecular complexity index is 305. The highest BCUT2D eigenvalue weighted by Crippen LogP contribution is 2.21. The Kier molecular flexibility index (Phi) is 5.02. The molecular weight excluding hydrogens is 239 g/mol. The van der Waals surface area contributed by atoms with Gasteiger partial charge in [-0.15, -0.1) is 0 Å². The van der Waals surface area contributed by atoms with Gasteiger partial charge in [0.2, 0.25) is 0 Å². The van der Waals surface area contributed by atoms with Crippen LogP contribution in [-0.4, -0.2) is 16.8 Å². The molecule has 0 spiro atoms. The molecule has 0 aromatic carbocycles. The molecule has 0 saturated carbocycles. The van der Waals surface area contributed by atoms with E-state index in [0.29, 0.717) is 10.3 Å². The summed E-state index contributed by atoms with van der Waals surface area (Å²) >= 11 is 13.3. The van der Waals surface area contributed by atoms with E-state index in [1.807, 2.05) is 13.0 Å². The van der Waals surface area contributed by atoms with Crippen LogP contribution in [0.4, 0.5) is 0 Å². The zero-order valence-electron chi connectivity index (χ0n) is 7.84. The first-order valence-corrected chi connectivity index (χ1v) is 6.15. The number of nitrogens with zero attached hydrogens (tertiary/aromatic N) is 1. The number of aromatic nitrogens is 1. The first kappa shape index (κ1) is 12.1. The smallest absolute Gasteiger partial charge is 0.134 e. The third-order valence-electron chi connectivity index (χ3n) is 1.53. The molecule has 1 heterocycles. The molecule has 0 radical (unpaired) electrons. The summed E-state index contributed by atoms with van der Waals surface area (Å²) in [6, 6.07) is 3.85. The molecule has 0 aliphatic carbocycles. The Balaban J connectivity index is 2.51. The van der Waals surface area contributed by atoms with Crippen LogP contribution in [0.2, 0.25) is 10.3 Å². The number of nitrogens with two attached hydrogens (primary N) is 1. The second kappa shape index (κ2) is 5.81. The summed E-state index contributed by atoms with van der Waals surface area (Å²) in [6.45, 7) is 1.98. The second-order valence-corrected chi connectivity index (χ2v) is 4.85. The number of rotatable bonds is 4. The lowest BCUT2D eigenvalue weighted by atomic mass is 10.3. The van der Waals surface area contributed by atoms with Crippen LogP contribution in [0.3, 0.4) is 0 Å². The summed E-state index contributed by atoms with van der Waals surface area (Å²) < 4.78 is 0. The number of pyridine rings is 1. The van der Waals surface area contributed by atoms with Crippen molar-refractivity contribution in [2.45, 2.75) is 18.7 Å². The van der Waals surface area contributed by atoms with Gasteiger partial charge in [-0.3, -0.25) is 0 Å². The molecule has 2 nitrogen and oxygen atoms in total. The highest BCUT2D eigenvalue weighted by atomic mass is 35.5. The Labute approximate surface area is 98.2 Å². The van der Waals surface area contributed by atoms with E-state index in [1.54, 1.807) is 17.8 Å². The van der Waals surface area contributed by atoms with Crippen LogP contribution in [-0.2, 0) is 5.75 Å². The van der Waals surface area contributed by atoms with Gasteiger partial charge in [-0.2, -0.15) is 11.8 Å². The largest absolute Gasteiger partial charge is 0.327 e. The van der Waals surface area contributed by atoms with E-state index in [2.05, 4.69) is 4.98 Å². The van der Waals surface area contributed by atoms with Crippen LogP contribution in [0.5, 0.6) is 0 Å². The number of hydrogen-bond acceptors (Lipinski definition) is 3. The fourth-order valence-corrected chi connectivity index (χ4v) is 2.34. The van der Waals surface area contributed by atoms with Gasteiger partial charge in [-0.1, -0.05) is 29.3 Å². The van der Waals surface area contributed by atoms with Gasteiger partial charge in [-0.25, -0.2) is 4.98 Å². The summed E-state index contributed by atoms with van der Waals surface area (Å²) in [7, 11) is 0. The predicted octanol–water partition coefficient (Wildman–Crippen LogP) is 2.97. The molecular formula is C9H12Cl2N2S. The minimum Gasteiger partial charge on any atom is -0.327 e. The molecule has 0 aliphatic heterocycles. The minimum absolute atomic E-state index is 0.207. The van der Waals surface area contributed by atoms with Crippen molar-refractivity contribution in [3.05, 3.63) is 28.0 Å². The molecule has 0 fully saturated rings. The number of hydrogen-bond donors (Lipinski definition) is 1. The predicted molar refractivity (Wildman–Crippen MR) is 64.1 cm³/mol. The van der Waals surface area contributed by atoms with Crippen molar-refractivity contribution in [2.75, 3.05) is 5.75 Å². The van der Waals surface area contributed by atoms with Crippen molar-refractivity contribution in [3.8, 4) is 0 Å². The van der Waals surface area contributed by atoms with Crippen LogP contribution in [0.1, 0.15) is 12.5 Å². The Morgan fingerprint density at radius 1 is 1.50 bits per heavy atom. The summed E-state index contributed by atoms with van der Waals surface area (Å²) in [6.07, 6.45) is 0. The molecule has 1 atom stereocenters. The fraction of sp³-hybridized carbons (Fsp3) is 0.444. The second-order valence-electron chi connectivity index (χ2n) is 3.08. The normalized spacial score (nSPS) is 12.9. The molecule has 1 unspecified atom stereocenters. The lowest BCUT2D eigenvalue weighted by Crippen LogP contribution is -2.17. The lowest BCUT2D eigenvalue weighted by molar-refractivity contribution is 0.847. The lowest BCUT2D eigenvalue weighted by Gasteiger charge is -2.05. The molecule has 14 heavy (non-hydrogen) atoms. The monoisotopic (exact) mass is 250 g/mol. The van der Waals surface area contributed by atoms with Gasteiger partial charge in [0.15, 0.2) is 0 Å². The van der Waals surface area contributed by atoms with E-state index in [0.717, 1.165) is 17.1 Å². The molecule has 2 N–H and O–H groups in total. The van der Waals surface area contributed by atoms with Crippen molar-refractivity contribution in [3.63, 3.8) is 0 Å². The molecule has 1 aromatic rings. The first-order valence-electron chi connectivity index (χ1n) is 4.24. The standard InChI is InChI=1S/C9H12Cl2N2S/c1-6(12)4-14-5-7-2-3-8(10)13-9(7)11/h2-3,6H,4-5,12H2,1H3. The van der Waals surface area contributed by atoms with Crippen molar-refractivity contribution in [1.82, 2.24) is 4.98 Å². The van der Waals surface area contributed by atoms with Gasteiger partial charge in [-0.05, 0) is 18.6 Å². The van der Waals surface area contributed by atoms with E-state index in [4.69, 9.17) is 28.9 Å². The van der Waals surface area contributed by atoms with Crippen molar-refractivity contribution >= 4 is 35.0 Å². The van der Waals surface area contributed by atoms with Crippen LogP contribution in [0.25, 0.3) is 0 Å². The highest BCUT2D eigenvalue weighted by Gasteiger charge is 2.03. The molecule has 0 saturated heterocycles. The first-order chi connectivity index (χ1) is 6.59. The molecule has 78 valence electrons. The van der Waals surface area contributed by atoms with E-state index < -0.39 is 0 Å². The molecule has 1 aromatic heterocycles. The summed E-state index contributed by atoms with van der Waals surface area (Å²) in [4.78, 5) is 3.96. The molecule has 0 aliphatic rings. The van der Waals surface area contributed by atoms with E-state index in [9.17, 15) is 0 Å². The topological polar surface area (TPSA) is 38.9 Å². The van der Waals surface area contributed by atoms with E-state index in [-0.39, 0.29) is 6.04 Å². The minimum atomic E-state index is 0.207. The Morgan fingerprint density at radius 3 is 2.79 bits per heavy atom. The van der Waals surface area contributed by atoms with Crippen LogP contribution < -0.4 is 5.73 Å². The zero-order valence-corrected chi connectivity index (χ0v) is 10.2. The molecule has 1 rings (SSSR count). The van der Waals surface area contributed by atoms with E-state index >= 15 is 0 Å². The van der Waals surface area contributed by atoms with Gasteiger partial charge in [0, 0.05) is 17.5 Å². The average Bonchev–Trinajstić information content (AvgIpc) is 2.08. The van der Waals surface area contributed by atoms with Crippen LogP contribution >= 0.6 is 35.0 Å². The third kappa shape index (κ3) is 4.05. The van der Waals surface area contributed by atoms with Gasteiger partial charge in [0.1, 0.15) is 10.3 Å². The fourth-order valence-electron chi connectivity index (χ4n) is 0.903. The maximum absolute atomic E-state index is 5.90. The average molecular weight is 251 g/mol. The summed E-state index contributed by atoms with van der Waals surface area (Å²) in [5, 5.41) is 0.908. The zero-order chi connectivity index (χ0) is 10.6. The quantitative estimate of drug-likeness (QED) is 0.836. The number of halogens is 2. The maximum Gasteiger partial charge on any atom is 0.134 e. The molecule has 0 bridgehead atoms. The third-order valence-corrected chi connectivity index (χ3v) is 3.34. The van der Waals surface area contributed by atoms with E-state index in [1.165, 1.54) is 0 Å². The highest BCUT2D eigenvalue weighted by molar-refractivity contribution is 7.98. The Morgan fingerprint density at radius 2 is 2.21 bits per heavy atom. The van der Waals surface area contributed by atoms with Gasteiger partial charge in [0.25, 0.3) is 0 Å². The Hall–Kier alpha value is 0.0400. The van der Waals surface area contributed by atoms with Crippen LogP contribution in [0, 0.1) is 0 Å². The SMILES string of the molecule is CC(N)CSCc1ccc(Cl)nc1Cl. The van der Waals surface area contributed by atoms with Gasteiger partial charge < -0.3 is 5.73 Å². The van der Waals surface area contributed by atoms with Crippen LogP contribution in [0.15, 0.2) is 12.1 Å². The van der Waals surface area contributed by atoms with Crippen molar-refractivity contribution < 1.29 is 0 Å². The molecule has 5 heteroatoms. The maximum atomic E-state index is 5.90. The van der Waals surface area contributed by atoms with Gasteiger partial charge in [0.05, 0.1) is 0 Å².